The fourth-order valence-electron chi connectivity index (χ4n) is 2.20. The molecule has 0 aliphatic carbocycles. The van der Waals surface area contributed by atoms with Crippen LogP contribution in [0, 0.1) is 0 Å². The number of piperazine rings is 1. The van der Waals surface area contributed by atoms with Gasteiger partial charge < -0.3 is 14.6 Å². The molecule has 1 N–H and O–H groups in total. The van der Waals surface area contributed by atoms with Crippen LogP contribution in [0.5, 0.6) is 0 Å². The molecule has 0 aromatic carbocycles. The highest BCUT2D eigenvalue weighted by Crippen LogP contribution is 2.23. The molecule has 1 aromatic rings. The summed E-state index contributed by atoms with van der Waals surface area (Å²) < 4.78 is 7.41. The molecular formula is C13H22N4O2. The molecule has 1 fully saturated rings. The Labute approximate surface area is 113 Å². The molecule has 19 heavy (non-hydrogen) atoms. The maximum atomic E-state index is 12.3. The number of imidazole rings is 1. The second-order valence-corrected chi connectivity index (χ2v) is 5.82. The van der Waals surface area contributed by atoms with Crippen LogP contribution < -0.4 is 5.32 Å². The lowest BCUT2D eigenvalue weighted by Gasteiger charge is -2.37. The summed E-state index contributed by atoms with van der Waals surface area (Å²) in [6, 6.07) is -0.0314. The third-order valence-corrected chi connectivity index (χ3v) is 3.07. The number of carbonyl (C=O) groups excluding carboxylic acids is 1. The predicted octanol–water partition coefficient (Wildman–Crippen LogP) is 1.30. The Balaban J connectivity index is 2.17. The summed E-state index contributed by atoms with van der Waals surface area (Å²) in [7, 11) is 1.93. The summed E-state index contributed by atoms with van der Waals surface area (Å²) in [5.41, 5.74) is 0.539. The molecule has 1 unspecified atom stereocenters. The van der Waals surface area contributed by atoms with Gasteiger partial charge in [0.2, 0.25) is 0 Å². The molecule has 1 atom stereocenters. The molecule has 6 nitrogen and oxygen atoms in total. The molecule has 1 aliphatic heterocycles. The van der Waals surface area contributed by atoms with Gasteiger partial charge in [-0.1, -0.05) is 0 Å². The quantitative estimate of drug-likeness (QED) is 0.832. The number of nitrogens with one attached hydrogen (secondary N) is 1. The van der Waals surface area contributed by atoms with Crippen molar-refractivity contribution in [1.82, 2.24) is 19.8 Å². The van der Waals surface area contributed by atoms with E-state index in [1.165, 1.54) is 0 Å². The van der Waals surface area contributed by atoms with Gasteiger partial charge in [0.1, 0.15) is 5.60 Å². The van der Waals surface area contributed by atoms with E-state index in [1.54, 1.807) is 17.4 Å². The van der Waals surface area contributed by atoms with E-state index in [-0.39, 0.29) is 12.1 Å². The van der Waals surface area contributed by atoms with Gasteiger partial charge in [0.15, 0.2) is 0 Å². The Morgan fingerprint density at radius 1 is 1.53 bits per heavy atom. The molecule has 2 rings (SSSR count). The lowest BCUT2D eigenvalue weighted by Crippen LogP contribution is -2.50. The molecule has 2 heterocycles. The van der Waals surface area contributed by atoms with Gasteiger partial charge in [0.25, 0.3) is 0 Å². The maximum Gasteiger partial charge on any atom is 0.410 e. The van der Waals surface area contributed by atoms with E-state index in [4.69, 9.17) is 4.74 Å². The number of rotatable bonds is 1. The van der Waals surface area contributed by atoms with Crippen molar-refractivity contribution in [2.75, 3.05) is 19.6 Å². The Hall–Kier alpha value is -1.56. The SMILES string of the molecule is Cn1cncc1C1CNCCN1C(=O)OC(C)(C)C. The van der Waals surface area contributed by atoms with Crippen LogP contribution in [-0.4, -0.2) is 45.8 Å². The van der Waals surface area contributed by atoms with Gasteiger partial charge in [0, 0.05) is 26.7 Å². The Kier molecular flexibility index (Phi) is 3.80. The van der Waals surface area contributed by atoms with Gasteiger partial charge in [-0.15, -0.1) is 0 Å². The van der Waals surface area contributed by atoms with Crippen molar-refractivity contribution in [2.24, 2.45) is 7.05 Å². The van der Waals surface area contributed by atoms with Gasteiger partial charge in [-0.25, -0.2) is 9.78 Å². The zero-order valence-corrected chi connectivity index (χ0v) is 12.0. The summed E-state index contributed by atoms with van der Waals surface area (Å²) in [5.74, 6) is 0. The normalized spacial score (nSPS) is 20.4. The first-order valence-electron chi connectivity index (χ1n) is 6.55. The summed E-state index contributed by atoms with van der Waals surface area (Å²) >= 11 is 0. The number of hydrogen-bond acceptors (Lipinski definition) is 4. The van der Waals surface area contributed by atoms with Gasteiger partial charge in [-0.2, -0.15) is 0 Å². The summed E-state index contributed by atoms with van der Waals surface area (Å²) in [6.07, 6.45) is 3.28. The first-order chi connectivity index (χ1) is 8.88. The van der Waals surface area contributed by atoms with E-state index < -0.39 is 5.60 Å². The summed E-state index contributed by atoms with van der Waals surface area (Å²) in [5, 5.41) is 3.31. The molecule has 0 spiro atoms. The highest BCUT2D eigenvalue weighted by Gasteiger charge is 2.32. The molecular weight excluding hydrogens is 244 g/mol. The molecule has 1 saturated heterocycles. The topological polar surface area (TPSA) is 59.4 Å². The molecule has 0 saturated carbocycles. The average Bonchev–Trinajstić information content (AvgIpc) is 2.73. The van der Waals surface area contributed by atoms with Crippen molar-refractivity contribution >= 4 is 6.09 Å². The Morgan fingerprint density at radius 2 is 2.26 bits per heavy atom. The first kappa shape index (κ1) is 13.9. The molecule has 1 aromatic heterocycles. The van der Waals surface area contributed by atoms with Crippen LogP contribution in [0.1, 0.15) is 32.5 Å². The first-order valence-corrected chi connectivity index (χ1v) is 6.55. The number of ether oxygens (including phenoxy) is 1. The summed E-state index contributed by atoms with van der Waals surface area (Å²) in [6.45, 7) is 7.79. The van der Waals surface area contributed by atoms with Crippen molar-refractivity contribution in [3.63, 3.8) is 0 Å². The molecule has 0 bridgehead atoms. The van der Waals surface area contributed by atoms with Crippen LogP contribution in [0.2, 0.25) is 0 Å². The van der Waals surface area contributed by atoms with Gasteiger partial charge in [0.05, 0.1) is 24.3 Å². The standard InChI is InChI=1S/C13H22N4O2/c1-13(2,3)19-12(18)17-6-5-14-8-11(17)10-7-15-9-16(10)4/h7,9,11,14H,5-6,8H2,1-4H3. The van der Waals surface area contributed by atoms with E-state index in [9.17, 15) is 4.79 Å². The average molecular weight is 266 g/mol. The number of aryl methyl sites for hydroxylation is 1. The van der Waals surface area contributed by atoms with E-state index in [0.29, 0.717) is 6.54 Å². The third kappa shape index (κ3) is 3.26. The van der Waals surface area contributed by atoms with Crippen molar-refractivity contribution < 1.29 is 9.53 Å². The van der Waals surface area contributed by atoms with Crippen LogP contribution in [0.4, 0.5) is 4.79 Å². The van der Waals surface area contributed by atoms with E-state index >= 15 is 0 Å². The number of nitrogens with zero attached hydrogens (tertiary/aromatic N) is 3. The lowest BCUT2D eigenvalue weighted by atomic mass is 10.1. The van der Waals surface area contributed by atoms with Gasteiger partial charge >= 0.3 is 6.09 Å². The van der Waals surface area contributed by atoms with Gasteiger partial charge in [-0.05, 0) is 20.8 Å². The maximum absolute atomic E-state index is 12.3. The number of carbonyl (C=O) groups is 1. The van der Waals surface area contributed by atoms with Crippen LogP contribution in [0.3, 0.4) is 0 Å². The minimum Gasteiger partial charge on any atom is -0.444 e. The van der Waals surface area contributed by atoms with Crippen LogP contribution in [0.15, 0.2) is 12.5 Å². The largest absolute Gasteiger partial charge is 0.444 e. The van der Waals surface area contributed by atoms with Crippen LogP contribution in [-0.2, 0) is 11.8 Å². The van der Waals surface area contributed by atoms with Crippen molar-refractivity contribution in [1.29, 1.82) is 0 Å². The fourth-order valence-corrected chi connectivity index (χ4v) is 2.20. The molecule has 1 aliphatic rings. The van der Waals surface area contributed by atoms with Crippen molar-refractivity contribution in [2.45, 2.75) is 32.4 Å². The van der Waals surface area contributed by atoms with E-state index in [2.05, 4.69) is 10.3 Å². The minimum absolute atomic E-state index is 0.0314. The number of aromatic nitrogens is 2. The van der Waals surface area contributed by atoms with Crippen molar-refractivity contribution in [3.8, 4) is 0 Å². The van der Waals surface area contributed by atoms with Gasteiger partial charge in [-0.3, -0.25) is 4.90 Å². The molecule has 0 radical (unpaired) electrons. The smallest absolute Gasteiger partial charge is 0.410 e. The second-order valence-electron chi connectivity index (χ2n) is 5.82. The molecule has 6 heteroatoms. The second kappa shape index (κ2) is 5.21. The number of amides is 1. The fraction of sp³-hybridized carbons (Fsp3) is 0.692. The van der Waals surface area contributed by atoms with Crippen LogP contribution in [0.25, 0.3) is 0 Å². The number of hydrogen-bond donors (Lipinski definition) is 1. The van der Waals surface area contributed by atoms with Crippen LogP contribution >= 0.6 is 0 Å². The predicted molar refractivity (Wildman–Crippen MR) is 71.8 cm³/mol. The Morgan fingerprint density at radius 3 is 2.84 bits per heavy atom. The zero-order chi connectivity index (χ0) is 14.0. The van der Waals surface area contributed by atoms with E-state index in [0.717, 1.165) is 18.8 Å². The highest BCUT2D eigenvalue weighted by atomic mass is 16.6. The monoisotopic (exact) mass is 266 g/mol. The van der Waals surface area contributed by atoms with Crippen molar-refractivity contribution in [3.05, 3.63) is 18.2 Å². The lowest BCUT2D eigenvalue weighted by molar-refractivity contribution is 0.0110. The van der Waals surface area contributed by atoms with E-state index in [1.807, 2.05) is 32.4 Å². The third-order valence-electron chi connectivity index (χ3n) is 3.07. The molecule has 1 amide bonds. The Bertz CT molecular complexity index is 450. The summed E-state index contributed by atoms with van der Waals surface area (Å²) in [4.78, 5) is 18.2. The highest BCUT2D eigenvalue weighted by molar-refractivity contribution is 5.69. The molecule has 106 valence electrons. The minimum atomic E-state index is -0.473. The zero-order valence-electron chi connectivity index (χ0n) is 12.0.